The van der Waals surface area contributed by atoms with Crippen molar-refractivity contribution < 1.29 is 34.8 Å². The first-order chi connectivity index (χ1) is 18.2. The summed E-state index contributed by atoms with van der Waals surface area (Å²) in [5.41, 5.74) is 3.17. The topological polar surface area (TPSA) is 124 Å². The fourth-order valence-electron chi connectivity index (χ4n) is 4.16. The molecule has 7 heteroatoms. The van der Waals surface area contributed by atoms with Gasteiger partial charge in [-0.3, -0.25) is 9.59 Å². The highest BCUT2D eigenvalue weighted by Gasteiger charge is 2.14. The lowest BCUT2D eigenvalue weighted by atomic mass is 9.99. The van der Waals surface area contributed by atoms with Crippen molar-refractivity contribution in [1.82, 2.24) is 0 Å². The van der Waals surface area contributed by atoms with Crippen LogP contribution in [0.3, 0.4) is 0 Å². The molecule has 4 rings (SSSR count). The quantitative estimate of drug-likeness (QED) is 0.185. The van der Waals surface area contributed by atoms with Gasteiger partial charge >= 0.3 is 0 Å². The number of phenols is 4. The summed E-state index contributed by atoms with van der Waals surface area (Å²) < 4.78 is 5.80. The third-order valence-electron chi connectivity index (χ3n) is 6.25. The summed E-state index contributed by atoms with van der Waals surface area (Å²) in [6.07, 6.45) is 1.36. The van der Waals surface area contributed by atoms with Crippen molar-refractivity contribution in [3.8, 4) is 34.5 Å². The molecule has 0 aliphatic carbocycles. The fourth-order valence-corrected chi connectivity index (χ4v) is 4.16. The average molecular weight is 513 g/mol. The minimum Gasteiger partial charge on any atom is -0.508 e. The highest BCUT2D eigenvalue weighted by atomic mass is 16.5. The molecule has 194 valence electrons. The van der Waals surface area contributed by atoms with Crippen LogP contribution in [0.5, 0.6) is 34.5 Å². The third kappa shape index (κ3) is 6.50. The zero-order valence-electron chi connectivity index (χ0n) is 20.8. The molecule has 38 heavy (non-hydrogen) atoms. The minimum absolute atomic E-state index is 0.00871. The van der Waals surface area contributed by atoms with Crippen LogP contribution in [0.15, 0.2) is 78.9 Å². The van der Waals surface area contributed by atoms with Crippen molar-refractivity contribution >= 4 is 11.6 Å². The number of phenolic OH excluding ortho intramolecular Hbond substituents is 4. The van der Waals surface area contributed by atoms with Gasteiger partial charge in [0.05, 0.1) is 5.56 Å². The number of carbonyl (C=O) groups excluding carboxylic acids is 2. The second-order valence-electron chi connectivity index (χ2n) is 9.10. The number of ketones is 2. The summed E-state index contributed by atoms with van der Waals surface area (Å²) in [5, 5.41) is 39.2. The van der Waals surface area contributed by atoms with Crippen LogP contribution >= 0.6 is 0 Å². The number of aromatic hydroxyl groups is 4. The maximum atomic E-state index is 12.5. The first-order valence-corrected chi connectivity index (χ1v) is 12.2. The Kier molecular flexibility index (Phi) is 7.97. The van der Waals surface area contributed by atoms with Gasteiger partial charge in [-0.15, -0.1) is 0 Å². The zero-order chi connectivity index (χ0) is 27.2. The van der Waals surface area contributed by atoms with Gasteiger partial charge in [0, 0.05) is 24.5 Å². The van der Waals surface area contributed by atoms with Crippen LogP contribution in [0.4, 0.5) is 0 Å². The SMILES string of the molecule is Cc1cc(O)ccc1C(=O)CCc1ccc(Oc2ccc(CCC(=O)c3ccc(O)cc3O)cc2O)cc1. The van der Waals surface area contributed by atoms with Crippen LogP contribution in [-0.4, -0.2) is 32.0 Å². The van der Waals surface area contributed by atoms with E-state index in [1.807, 2.05) is 12.1 Å². The highest BCUT2D eigenvalue weighted by molar-refractivity contribution is 5.99. The Bertz CT molecular complexity index is 1470. The molecule has 0 saturated carbocycles. The lowest BCUT2D eigenvalue weighted by Crippen LogP contribution is -2.03. The van der Waals surface area contributed by atoms with E-state index in [-0.39, 0.29) is 52.3 Å². The van der Waals surface area contributed by atoms with Crippen molar-refractivity contribution in [2.24, 2.45) is 0 Å². The summed E-state index contributed by atoms with van der Waals surface area (Å²) in [5.74, 6) is 0.198. The normalized spacial score (nSPS) is 10.8. The van der Waals surface area contributed by atoms with Gasteiger partial charge in [-0.25, -0.2) is 0 Å². The van der Waals surface area contributed by atoms with Gasteiger partial charge in [0.1, 0.15) is 23.0 Å². The molecular weight excluding hydrogens is 484 g/mol. The molecule has 4 aromatic rings. The second kappa shape index (κ2) is 11.5. The summed E-state index contributed by atoms with van der Waals surface area (Å²) in [6, 6.07) is 20.7. The van der Waals surface area contributed by atoms with Crippen LogP contribution in [0.25, 0.3) is 0 Å². The van der Waals surface area contributed by atoms with E-state index in [0.717, 1.165) is 22.8 Å². The molecule has 0 radical (unpaired) electrons. The van der Waals surface area contributed by atoms with Crippen molar-refractivity contribution in [1.29, 1.82) is 0 Å². The maximum absolute atomic E-state index is 12.5. The molecule has 0 amide bonds. The molecule has 0 aromatic heterocycles. The van der Waals surface area contributed by atoms with Crippen molar-refractivity contribution in [2.75, 3.05) is 0 Å². The number of Topliss-reactive ketones (excluding diaryl/α,β-unsaturated/α-hetero) is 2. The highest BCUT2D eigenvalue weighted by Crippen LogP contribution is 2.32. The van der Waals surface area contributed by atoms with E-state index in [4.69, 9.17) is 4.74 Å². The predicted octanol–water partition coefficient (Wildman–Crippen LogP) is 6.24. The first kappa shape index (κ1) is 26.3. The van der Waals surface area contributed by atoms with Crippen LogP contribution < -0.4 is 4.74 Å². The molecular formula is C31H28O7. The van der Waals surface area contributed by atoms with Crippen LogP contribution in [0, 0.1) is 6.92 Å². The molecule has 0 atom stereocenters. The Morgan fingerprint density at radius 1 is 0.632 bits per heavy atom. The number of carbonyl (C=O) groups is 2. The second-order valence-corrected chi connectivity index (χ2v) is 9.10. The fraction of sp³-hybridized carbons (Fsp3) is 0.161. The lowest BCUT2D eigenvalue weighted by molar-refractivity contribution is 0.0973. The Morgan fingerprint density at radius 2 is 1.21 bits per heavy atom. The smallest absolute Gasteiger partial charge is 0.169 e. The Labute approximate surface area is 220 Å². The van der Waals surface area contributed by atoms with Crippen molar-refractivity contribution in [3.05, 3.63) is 107 Å². The Morgan fingerprint density at radius 3 is 1.84 bits per heavy atom. The first-order valence-electron chi connectivity index (χ1n) is 12.2. The van der Waals surface area contributed by atoms with E-state index >= 15 is 0 Å². The van der Waals surface area contributed by atoms with Gasteiger partial charge < -0.3 is 25.2 Å². The zero-order valence-corrected chi connectivity index (χ0v) is 20.8. The van der Waals surface area contributed by atoms with E-state index < -0.39 is 0 Å². The van der Waals surface area contributed by atoms with Crippen molar-refractivity contribution in [2.45, 2.75) is 32.6 Å². The number of rotatable bonds is 10. The third-order valence-corrected chi connectivity index (χ3v) is 6.25. The monoisotopic (exact) mass is 512 g/mol. The predicted molar refractivity (Wildman–Crippen MR) is 143 cm³/mol. The number of hydrogen-bond donors (Lipinski definition) is 4. The van der Waals surface area contributed by atoms with Gasteiger partial charge in [-0.2, -0.15) is 0 Å². The molecule has 0 bridgehead atoms. The molecule has 0 fully saturated rings. The molecule has 0 aliphatic rings. The minimum atomic E-state index is -0.276. The molecule has 4 N–H and O–H groups in total. The lowest BCUT2D eigenvalue weighted by Gasteiger charge is -2.10. The number of hydrogen-bond acceptors (Lipinski definition) is 7. The number of benzene rings is 4. The van der Waals surface area contributed by atoms with Gasteiger partial charge in [-0.1, -0.05) is 18.2 Å². The van der Waals surface area contributed by atoms with E-state index in [1.165, 1.54) is 24.3 Å². The average Bonchev–Trinajstić information content (AvgIpc) is 2.88. The molecule has 4 aromatic carbocycles. The molecule has 0 heterocycles. The summed E-state index contributed by atoms with van der Waals surface area (Å²) in [7, 11) is 0. The Balaban J connectivity index is 1.31. The van der Waals surface area contributed by atoms with Crippen LogP contribution in [0.2, 0.25) is 0 Å². The largest absolute Gasteiger partial charge is 0.508 e. The molecule has 0 aliphatic heterocycles. The van der Waals surface area contributed by atoms with Crippen molar-refractivity contribution in [3.63, 3.8) is 0 Å². The number of ether oxygens (including phenoxy) is 1. The molecule has 7 nitrogen and oxygen atoms in total. The van der Waals surface area contributed by atoms with E-state index in [0.29, 0.717) is 30.6 Å². The van der Waals surface area contributed by atoms with Gasteiger partial charge in [0.25, 0.3) is 0 Å². The van der Waals surface area contributed by atoms with Gasteiger partial charge in [0.15, 0.2) is 23.1 Å². The van der Waals surface area contributed by atoms with Crippen LogP contribution in [-0.2, 0) is 12.8 Å². The summed E-state index contributed by atoms with van der Waals surface area (Å²) in [4.78, 5) is 24.9. The van der Waals surface area contributed by atoms with E-state index in [1.54, 1.807) is 43.3 Å². The van der Waals surface area contributed by atoms with Gasteiger partial charge in [-0.05, 0) is 91.1 Å². The molecule has 0 saturated heterocycles. The maximum Gasteiger partial charge on any atom is 0.169 e. The Hall–Kier alpha value is -4.78. The summed E-state index contributed by atoms with van der Waals surface area (Å²) in [6.45, 7) is 1.80. The van der Waals surface area contributed by atoms with E-state index in [9.17, 15) is 30.0 Å². The van der Waals surface area contributed by atoms with Gasteiger partial charge in [0.2, 0.25) is 0 Å². The standard InChI is InChI=1S/C31H28O7/c1-19-16-22(32)7-11-25(19)27(34)13-4-20-2-9-24(10-3-20)38-31-15-6-21(17-30(31)37)5-14-28(35)26-12-8-23(33)18-29(26)36/h2-3,6-12,15-18,32-33,36-37H,4-5,13-14H2,1H3. The molecule has 0 unspecified atom stereocenters. The number of aryl methyl sites for hydroxylation is 3. The van der Waals surface area contributed by atoms with Crippen LogP contribution in [0.1, 0.15) is 50.2 Å². The molecule has 0 spiro atoms. The van der Waals surface area contributed by atoms with E-state index in [2.05, 4.69) is 0 Å². The summed E-state index contributed by atoms with van der Waals surface area (Å²) >= 11 is 0.